The third-order valence-electron chi connectivity index (χ3n) is 5.49. The summed E-state index contributed by atoms with van der Waals surface area (Å²) >= 11 is 0. The molecule has 176 valence electrons. The number of carbonyl (C=O) groups excluding carboxylic acids is 2. The molecule has 1 atom stereocenters. The van der Waals surface area contributed by atoms with Gasteiger partial charge in [0.1, 0.15) is 5.54 Å². The SMILES string of the molecule is CN([C-]=O)C(CCC(=O)NC(c1ccccc1)(c1ccccc1)c1ccccc1)C(=O)O.[Fm]. The fraction of sp³-hybridized carbons (Fsp3) is 0.192. The fourth-order valence-electron chi connectivity index (χ4n) is 3.87. The Hall–Kier alpha value is -4.93. The molecule has 1 unspecified atom stereocenters. The second-order valence-electron chi connectivity index (χ2n) is 7.49. The van der Waals surface area contributed by atoms with Crippen LogP contribution in [-0.2, 0) is 19.9 Å². The molecule has 2 amide bonds. The summed E-state index contributed by atoms with van der Waals surface area (Å²) in [5.74, 6) is -1.50. The topological polar surface area (TPSA) is 86.7 Å². The molecule has 7 heteroatoms. The van der Waals surface area contributed by atoms with E-state index in [9.17, 15) is 19.5 Å². The molecule has 0 saturated carbocycles. The first-order chi connectivity index (χ1) is 15.5. The number of hydrogen-bond donors (Lipinski definition) is 2. The Bertz CT molecular complexity index is 949. The Balaban J connectivity index is 0.00000385. The molecule has 0 saturated heterocycles. The standard InChI is InChI=1S/C26H25N2O4.Fm/c1-28(19-29)23(25(31)32)17-18-24(30)27-26(20-11-5-2-6-12-20,21-13-7-3-8-14-21)22-15-9-4-10-16-22;/h2-16,23H,17-18H2,1H3,(H,27,30)(H,31,32);/q-1;. The number of aliphatic carboxylic acids is 1. The van der Waals surface area contributed by atoms with Crippen molar-refractivity contribution >= 4 is 18.3 Å². The van der Waals surface area contributed by atoms with Gasteiger partial charge < -0.3 is 20.1 Å². The van der Waals surface area contributed by atoms with Crippen LogP contribution in [0.2, 0.25) is 0 Å². The van der Waals surface area contributed by atoms with Crippen molar-refractivity contribution < 1.29 is 19.5 Å². The number of hydrogen-bond acceptors (Lipinski definition) is 3. The Morgan fingerprint density at radius 1 is 0.879 bits per heavy atom. The molecule has 0 fully saturated rings. The maximum atomic E-state index is 13.2. The van der Waals surface area contributed by atoms with Crippen LogP contribution < -0.4 is 5.32 Å². The summed E-state index contributed by atoms with van der Waals surface area (Å²) < 4.78 is 0. The van der Waals surface area contributed by atoms with Crippen molar-refractivity contribution in [2.45, 2.75) is 24.4 Å². The molecule has 0 aliphatic heterocycles. The van der Waals surface area contributed by atoms with Crippen LogP contribution in [0.1, 0.15) is 29.5 Å². The minimum absolute atomic E-state index is 0. The first-order valence-corrected chi connectivity index (χ1v) is 10.3. The zero-order chi connectivity index (χ0) is 23.0. The quantitative estimate of drug-likeness (QED) is 0.195. The van der Waals surface area contributed by atoms with Crippen LogP contribution >= 0.6 is 0 Å². The minimum Gasteiger partial charge on any atom is -0.520 e. The van der Waals surface area contributed by atoms with E-state index in [0.29, 0.717) is 0 Å². The summed E-state index contributed by atoms with van der Waals surface area (Å²) in [6.07, 6.45) is 1.47. The molecule has 0 aromatic heterocycles. The number of nitrogens with one attached hydrogen (secondary N) is 1. The molecule has 0 heterocycles. The number of benzene rings is 3. The average Bonchev–Trinajstić information content (AvgIpc) is 2.84. The van der Waals surface area contributed by atoms with E-state index in [4.69, 9.17) is 0 Å². The Kier molecular flexibility index (Phi) is 8.05. The molecule has 0 bridgehead atoms. The van der Waals surface area contributed by atoms with E-state index in [-0.39, 0.29) is 18.7 Å². The van der Waals surface area contributed by atoms with Gasteiger partial charge in [-0.3, -0.25) is 9.59 Å². The average molecular weight is 686 g/mol. The summed E-state index contributed by atoms with van der Waals surface area (Å²) in [5, 5.41) is 12.6. The number of carbonyl (C=O) groups is 2. The molecule has 0 radical (unpaired) electrons. The van der Waals surface area contributed by atoms with Gasteiger partial charge >= 0.3 is 5.97 Å². The van der Waals surface area contributed by atoms with Crippen molar-refractivity contribution in [1.82, 2.24) is 10.2 Å². The summed E-state index contributed by atoms with van der Waals surface area (Å²) in [6, 6.07) is 27.8. The monoisotopic (exact) mass is 686 g/mol. The summed E-state index contributed by atoms with van der Waals surface area (Å²) in [7, 11) is 1.34. The van der Waals surface area contributed by atoms with Crippen LogP contribution in [0, 0.1) is 0 Å². The van der Waals surface area contributed by atoms with E-state index in [1.807, 2.05) is 91.0 Å². The maximum absolute atomic E-state index is 13.2. The van der Waals surface area contributed by atoms with Gasteiger partial charge in [-0.05, 0) is 30.2 Å². The molecular formula is C26H25FmN2O4-. The number of likely N-dealkylation sites (N-methyl/N-ethyl adjacent to an activating group) is 1. The van der Waals surface area contributed by atoms with Crippen molar-refractivity contribution in [2.24, 2.45) is 0 Å². The van der Waals surface area contributed by atoms with E-state index in [2.05, 4.69) is 5.32 Å². The van der Waals surface area contributed by atoms with E-state index >= 15 is 0 Å². The Morgan fingerprint density at radius 3 is 1.61 bits per heavy atom. The second-order valence-corrected chi connectivity index (χ2v) is 7.49. The maximum Gasteiger partial charge on any atom is 0.323 e. The minimum atomic E-state index is -1.18. The van der Waals surface area contributed by atoms with Gasteiger partial charge in [0.15, 0.2) is 0 Å². The second kappa shape index (κ2) is 10.9. The van der Waals surface area contributed by atoms with Crippen LogP contribution in [0.4, 0.5) is 0 Å². The van der Waals surface area contributed by atoms with E-state index in [1.165, 1.54) is 7.05 Å². The predicted molar refractivity (Wildman–Crippen MR) is 121 cm³/mol. The largest absolute Gasteiger partial charge is 0.520 e. The molecule has 3 rings (SSSR count). The van der Waals surface area contributed by atoms with E-state index in [1.54, 1.807) is 6.41 Å². The molecule has 33 heavy (non-hydrogen) atoms. The fourth-order valence-corrected chi connectivity index (χ4v) is 3.87. The zero-order valence-corrected chi connectivity index (χ0v) is 20.5. The summed E-state index contributed by atoms with van der Waals surface area (Å²) in [4.78, 5) is 36.6. The van der Waals surface area contributed by atoms with Crippen LogP contribution in [0.25, 0.3) is 0 Å². The van der Waals surface area contributed by atoms with Gasteiger partial charge in [-0.25, -0.2) is 0 Å². The van der Waals surface area contributed by atoms with Gasteiger partial charge in [0.05, 0.1) is 6.04 Å². The summed E-state index contributed by atoms with van der Waals surface area (Å²) in [6.45, 7) is 0. The van der Waals surface area contributed by atoms with Crippen molar-refractivity contribution in [1.29, 1.82) is 0 Å². The zero-order valence-electron chi connectivity index (χ0n) is 18.1. The van der Waals surface area contributed by atoms with E-state index < -0.39 is 17.6 Å². The number of amides is 2. The number of rotatable bonds is 10. The molecule has 6 nitrogen and oxygen atoms in total. The third kappa shape index (κ3) is 5.22. The van der Waals surface area contributed by atoms with Gasteiger partial charge in [0.2, 0.25) is 5.91 Å². The number of carboxylic acids is 1. The normalized spacial score (nSPS) is 11.5. The molecule has 2 N–H and O–H groups in total. The first kappa shape index (κ1) is 24.3. The van der Waals surface area contributed by atoms with Crippen LogP contribution in [0.15, 0.2) is 91.0 Å². The van der Waals surface area contributed by atoms with Gasteiger partial charge in [0, 0.05) is 6.42 Å². The van der Waals surface area contributed by atoms with Crippen LogP contribution in [0.3, 0.4) is 0 Å². The van der Waals surface area contributed by atoms with Gasteiger partial charge in [-0.2, -0.15) is 6.41 Å². The van der Waals surface area contributed by atoms with Gasteiger partial charge in [0.25, 0.3) is 0 Å². The van der Waals surface area contributed by atoms with Crippen LogP contribution in [0.5, 0.6) is 0 Å². The number of nitrogens with zero attached hydrogens (tertiary/aromatic N) is 1. The van der Waals surface area contributed by atoms with Crippen molar-refractivity contribution in [3.05, 3.63) is 108 Å². The van der Waals surface area contributed by atoms with Gasteiger partial charge in [-0.15, -0.1) is 0 Å². The molecule has 0 aliphatic carbocycles. The Labute approximate surface area is 187 Å². The molecule has 3 aromatic carbocycles. The van der Waals surface area contributed by atoms with Gasteiger partial charge in [-0.1, -0.05) is 91.0 Å². The molecular weight excluding hydrogens is 661 g/mol. The molecule has 0 aliphatic rings. The Morgan fingerprint density at radius 2 is 1.27 bits per heavy atom. The summed E-state index contributed by atoms with van der Waals surface area (Å²) in [5.41, 5.74) is 1.65. The van der Waals surface area contributed by atoms with Crippen LogP contribution in [-0.4, -0.2) is 41.4 Å². The smallest absolute Gasteiger partial charge is 0.323 e. The third-order valence-corrected chi connectivity index (χ3v) is 5.49. The van der Waals surface area contributed by atoms with E-state index in [0.717, 1.165) is 21.6 Å². The van der Waals surface area contributed by atoms with Crippen molar-refractivity contribution in [3.8, 4) is 0 Å². The number of carboxylic acid groups (broad SMARTS) is 1. The first-order valence-electron chi connectivity index (χ1n) is 10.3. The molecule has 3 aromatic rings. The predicted octanol–water partition coefficient (Wildman–Crippen LogP) is 3.33. The molecule has 0 spiro atoms. The van der Waals surface area contributed by atoms with Crippen molar-refractivity contribution in [2.75, 3.05) is 7.05 Å². The van der Waals surface area contributed by atoms with Crippen molar-refractivity contribution in [3.63, 3.8) is 0 Å².